The van der Waals surface area contributed by atoms with Crippen LogP contribution in [0.25, 0.3) is 0 Å². The number of carbonyl (C=O) groups is 2. The van der Waals surface area contributed by atoms with E-state index in [9.17, 15) is 18.0 Å². The molecule has 6 nitrogen and oxygen atoms in total. The van der Waals surface area contributed by atoms with E-state index in [0.717, 1.165) is 6.26 Å². The Kier molecular flexibility index (Phi) is 6.22. The Bertz CT molecular complexity index is 627. The number of hydrogen-bond donors (Lipinski definition) is 2. The van der Waals surface area contributed by atoms with E-state index in [1.807, 2.05) is 6.26 Å². The first-order chi connectivity index (χ1) is 9.75. The number of hydrogen-bond acceptors (Lipinski definition) is 5. The Morgan fingerprint density at radius 1 is 1.38 bits per heavy atom. The van der Waals surface area contributed by atoms with E-state index in [1.54, 1.807) is 0 Å². The van der Waals surface area contributed by atoms with Gasteiger partial charge in [-0.05, 0) is 36.6 Å². The van der Waals surface area contributed by atoms with Crippen molar-refractivity contribution in [3.05, 3.63) is 29.8 Å². The summed E-state index contributed by atoms with van der Waals surface area (Å²) in [7, 11) is -3.42. The number of carboxylic acids is 1. The smallest absolute Gasteiger partial charge is 0.326 e. The van der Waals surface area contributed by atoms with Gasteiger partial charge in [-0.1, -0.05) is 6.07 Å². The fraction of sp³-hybridized carbons (Fsp3) is 0.385. The molecule has 1 aromatic carbocycles. The summed E-state index contributed by atoms with van der Waals surface area (Å²) in [6.45, 7) is 0. The van der Waals surface area contributed by atoms with Crippen molar-refractivity contribution in [3.63, 3.8) is 0 Å². The zero-order valence-corrected chi connectivity index (χ0v) is 13.3. The molecule has 0 aromatic heterocycles. The number of benzene rings is 1. The summed E-state index contributed by atoms with van der Waals surface area (Å²) in [5, 5.41) is 11.5. The monoisotopic (exact) mass is 331 g/mol. The Morgan fingerprint density at radius 3 is 2.57 bits per heavy atom. The zero-order chi connectivity index (χ0) is 16.0. The quantitative estimate of drug-likeness (QED) is 0.774. The standard InChI is InChI=1S/C13H17NO5S2/c1-20-7-6-11(13(16)17)14-12(15)9-4-3-5-10(8-9)21(2,18)19/h3-5,8,11H,6-7H2,1-2H3,(H,14,15)(H,16,17)/t11-/m0/s1. The van der Waals surface area contributed by atoms with E-state index in [1.165, 1.54) is 36.0 Å². The summed E-state index contributed by atoms with van der Waals surface area (Å²) in [5.41, 5.74) is 0.119. The van der Waals surface area contributed by atoms with Crippen molar-refractivity contribution in [1.82, 2.24) is 5.32 Å². The summed E-state index contributed by atoms with van der Waals surface area (Å²) in [4.78, 5) is 23.1. The first-order valence-electron chi connectivity index (χ1n) is 6.08. The second kappa shape index (κ2) is 7.46. The van der Waals surface area contributed by atoms with Gasteiger partial charge in [0.2, 0.25) is 0 Å². The van der Waals surface area contributed by atoms with Gasteiger partial charge in [-0.2, -0.15) is 11.8 Å². The normalized spacial score (nSPS) is 12.7. The van der Waals surface area contributed by atoms with Crippen molar-refractivity contribution in [3.8, 4) is 0 Å². The molecule has 2 N–H and O–H groups in total. The molecule has 0 saturated heterocycles. The van der Waals surface area contributed by atoms with Crippen LogP contribution in [-0.4, -0.2) is 49.7 Å². The molecule has 0 spiro atoms. The van der Waals surface area contributed by atoms with Crippen molar-refractivity contribution < 1.29 is 23.1 Å². The minimum absolute atomic E-state index is 0.0196. The molecule has 1 atom stereocenters. The Hall–Kier alpha value is -1.54. The van der Waals surface area contributed by atoms with E-state index in [-0.39, 0.29) is 10.5 Å². The van der Waals surface area contributed by atoms with Crippen LogP contribution in [-0.2, 0) is 14.6 Å². The predicted octanol–water partition coefficient (Wildman–Crippen LogP) is 1.03. The molecule has 0 bridgehead atoms. The molecule has 1 aromatic rings. The molecule has 0 fully saturated rings. The highest BCUT2D eigenvalue weighted by Crippen LogP contribution is 2.12. The van der Waals surface area contributed by atoms with E-state index in [2.05, 4.69) is 5.32 Å². The Labute approximate surface area is 127 Å². The minimum atomic E-state index is -3.42. The first kappa shape index (κ1) is 17.5. The fourth-order valence-electron chi connectivity index (χ4n) is 1.60. The van der Waals surface area contributed by atoms with Crippen LogP contribution < -0.4 is 5.32 Å². The van der Waals surface area contributed by atoms with Crippen LogP contribution in [0.1, 0.15) is 16.8 Å². The average molecular weight is 331 g/mol. The lowest BCUT2D eigenvalue weighted by Gasteiger charge is -2.14. The molecule has 0 aliphatic rings. The maximum atomic E-state index is 12.0. The van der Waals surface area contributed by atoms with Gasteiger partial charge in [0.05, 0.1) is 4.90 Å². The summed E-state index contributed by atoms with van der Waals surface area (Å²) in [6, 6.07) is 4.51. The molecule has 0 aliphatic carbocycles. The van der Waals surface area contributed by atoms with Crippen LogP contribution in [0.5, 0.6) is 0 Å². The summed E-state index contributed by atoms with van der Waals surface area (Å²) < 4.78 is 22.9. The number of sulfone groups is 1. The Morgan fingerprint density at radius 2 is 2.05 bits per heavy atom. The lowest BCUT2D eigenvalue weighted by Crippen LogP contribution is -2.41. The van der Waals surface area contributed by atoms with E-state index in [0.29, 0.717) is 12.2 Å². The number of thioether (sulfide) groups is 1. The Balaban J connectivity index is 2.90. The van der Waals surface area contributed by atoms with Crippen molar-refractivity contribution in [2.24, 2.45) is 0 Å². The second-order valence-corrected chi connectivity index (χ2v) is 7.45. The first-order valence-corrected chi connectivity index (χ1v) is 9.37. The van der Waals surface area contributed by atoms with Crippen LogP contribution in [0.15, 0.2) is 29.2 Å². The van der Waals surface area contributed by atoms with Crippen LogP contribution in [0.2, 0.25) is 0 Å². The largest absolute Gasteiger partial charge is 0.480 e. The third-order valence-electron chi connectivity index (χ3n) is 2.74. The lowest BCUT2D eigenvalue weighted by atomic mass is 10.1. The molecule has 21 heavy (non-hydrogen) atoms. The van der Waals surface area contributed by atoms with Gasteiger partial charge in [0.1, 0.15) is 6.04 Å². The average Bonchev–Trinajstić information content (AvgIpc) is 2.42. The van der Waals surface area contributed by atoms with Gasteiger partial charge >= 0.3 is 5.97 Å². The van der Waals surface area contributed by atoms with Crippen LogP contribution in [0, 0.1) is 0 Å². The third kappa shape index (κ3) is 5.39. The topological polar surface area (TPSA) is 101 Å². The van der Waals surface area contributed by atoms with Crippen molar-refractivity contribution in [1.29, 1.82) is 0 Å². The molecule has 0 radical (unpaired) electrons. The van der Waals surface area contributed by atoms with Crippen molar-refractivity contribution in [2.75, 3.05) is 18.3 Å². The highest BCUT2D eigenvalue weighted by Gasteiger charge is 2.20. The molecular formula is C13H17NO5S2. The summed E-state index contributed by atoms with van der Waals surface area (Å²) >= 11 is 1.48. The van der Waals surface area contributed by atoms with Crippen LogP contribution in [0.3, 0.4) is 0 Å². The number of nitrogens with one attached hydrogen (secondary N) is 1. The maximum absolute atomic E-state index is 12.0. The molecule has 0 unspecified atom stereocenters. The van der Waals surface area contributed by atoms with Gasteiger partial charge in [-0.15, -0.1) is 0 Å². The molecule has 116 valence electrons. The molecule has 0 heterocycles. The number of amides is 1. The molecule has 1 rings (SSSR count). The summed E-state index contributed by atoms with van der Waals surface area (Å²) in [6.07, 6.45) is 3.19. The number of aliphatic carboxylic acids is 1. The van der Waals surface area contributed by atoms with Gasteiger partial charge in [0.15, 0.2) is 9.84 Å². The van der Waals surface area contributed by atoms with Gasteiger partial charge < -0.3 is 10.4 Å². The highest BCUT2D eigenvalue weighted by molar-refractivity contribution is 7.98. The third-order valence-corrected chi connectivity index (χ3v) is 4.49. The number of carboxylic acid groups (broad SMARTS) is 1. The molecular weight excluding hydrogens is 314 g/mol. The number of rotatable bonds is 7. The van der Waals surface area contributed by atoms with Gasteiger partial charge in [-0.3, -0.25) is 4.79 Å². The zero-order valence-electron chi connectivity index (χ0n) is 11.7. The van der Waals surface area contributed by atoms with Crippen molar-refractivity contribution >= 4 is 33.5 Å². The van der Waals surface area contributed by atoms with Crippen LogP contribution in [0.4, 0.5) is 0 Å². The molecule has 1 amide bonds. The maximum Gasteiger partial charge on any atom is 0.326 e. The van der Waals surface area contributed by atoms with E-state index < -0.39 is 27.8 Å². The fourth-order valence-corrected chi connectivity index (χ4v) is 2.74. The van der Waals surface area contributed by atoms with Gasteiger partial charge in [0.25, 0.3) is 5.91 Å². The molecule has 0 aliphatic heterocycles. The van der Waals surface area contributed by atoms with E-state index >= 15 is 0 Å². The number of carbonyl (C=O) groups excluding carboxylic acids is 1. The predicted molar refractivity (Wildman–Crippen MR) is 81.4 cm³/mol. The molecule has 8 heteroatoms. The SMILES string of the molecule is CSCC[C@H](NC(=O)c1cccc(S(C)(=O)=O)c1)C(=O)O. The lowest BCUT2D eigenvalue weighted by molar-refractivity contribution is -0.139. The van der Waals surface area contributed by atoms with Crippen LogP contribution >= 0.6 is 11.8 Å². The minimum Gasteiger partial charge on any atom is -0.480 e. The molecule has 0 saturated carbocycles. The van der Waals surface area contributed by atoms with Crippen molar-refractivity contribution in [2.45, 2.75) is 17.4 Å². The highest BCUT2D eigenvalue weighted by atomic mass is 32.2. The van der Waals surface area contributed by atoms with E-state index in [4.69, 9.17) is 5.11 Å². The second-order valence-electron chi connectivity index (χ2n) is 4.45. The van der Waals surface area contributed by atoms with Gasteiger partial charge in [-0.25, -0.2) is 13.2 Å². The van der Waals surface area contributed by atoms with Gasteiger partial charge in [0, 0.05) is 11.8 Å². The summed E-state index contributed by atoms with van der Waals surface area (Å²) in [5.74, 6) is -1.12.